The van der Waals surface area contributed by atoms with Crippen molar-refractivity contribution in [2.75, 3.05) is 24.2 Å². The fraction of sp³-hybridized carbons (Fsp3) is 0.158. The number of ether oxygens (including phenoxy) is 1. The third kappa shape index (κ3) is 3.19. The zero-order chi connectivity index (χ0) is 19.0. The Labute approximate surface area is 158 Å². The Morgan fingerprint density at radius 3 is 2.48 bits per heavy atom. The van der Waals surface area contributed by atoms with E-state index in [0.717, 1.165) is 9.80 Å². The average molecular weight is 382 g/mol. The smallest absolute Gasteiger partial charge is 0.338 e. The summed E-state index contributed by atoms with van der Waals surface area (Å²) in [6, 6.07) is 11.5. The van der Waals surface area contributed by atoms with Crippen molar-refractivity contribution >= 4 is 41.1 Å². The molecule has 2 aliphatic rings. The van der Waals surface area contributed by atoms with E-state index >= 15 is 0 Å². The summed E-state index contributed by atoms with van der Waals surface area (Å²) in [4.78, 5) is 50.2. The standard InChI is InChI=1S/C19H14N2O5S/c22-16-10-27-15-6-5-11(9-14(15)20-16)19(25)26-8-7-21-17(23)12-3-1-2-4-13(12)18(21)24/h1-6,9H,7-8,10H2,(H,20,22). The molecule has 2 aromatic carbocycles. The van der Waals surface area contributed by atoms with Crippen LogP contribution in [0.5, 0.6) is 0 Å². The van der Waals surface area contributed by atoms with Gasteiger partial charge in [-0.25, -0.2) is 4.79 Å². The Balaban J connectivity index is 1.38. The number of fused-ring (bicyclic) bond motifs is 2. The molecular weight excluding hydrogens is 368 g/mol. The number of hydrogen-bond acceptors (Lipinski definition) is 6. The third-order valence-electron chi connectivity index (χ3n) is 4.27. The first kappa shape index (κ1) is 17.3. The normalized spacial score (nSPS) is 15.3. The molecule has 2 heterocycles. The molecule has 8 heteroatoms. The summed E-state index contributed by atoms with van der Waals surface area (Å²) in [6.07, 6.45) is 0. The first-order valence-corrected chi connectivity index (χ1v) is 9.22. The fourth-order valence-corrected chi connectivity index (χ4v) is 3.75. The minimum absolute atomic E-state index is 0.0182. The van der Waals surface area contributed by atoms with Crippen LogP contribution in [0.25, 0.3) is 0 Å². The van der Waals surface area contributed by atoms with E-state index in [4.69, 9.17) is 4.74 Å². The highest BCUT2D eigenvalue weighted by Crippen LogP contribution is 2.32. The van der Waals surface area contributed by atoms with Crippen LogP contribution >= 0.6 is 11.8 Å². The molecule has 4 rings (SSSR count). The molecule has 1 N–H and O–H groups in total. The minimum Gasteiger partial charge on any atom is -0.460 e. The van der Waals surface area contributed by atoms with E-state index < -0.39 is 5.97 Å². The molecule has 0 fully saturated rings. The maximum Gasteiger partial charge on any atom is 0.338 e. The molecule has 7 nitrogen and oxygen atoms in total. The van der Waals surface area contributed by atoms with Gasteiger partial charge in [-0.2, -0.15) is 0 Å². The summed E-state index contributed by atoms with van der Waals surface area (Å²) in [6.45, 7) is -0.127. The summed E-state index contributed by atoms with van der Waals surface area (Å²) in [5.41, 5.74) is 1.58. The van der Waals surface area contributed by atoms with Crippen molar-refractivity contribution in [3.8, 4) is 0 Å². The maximum atomic E-state index is 12.3. The largest absolute Gasteiger partial charge is 0.460 e. The summed E-state index contributed by atoms with van der Waals surface area (Å²) < 4.78 is 5.20. The first-order valence-electron chi connectivity index (χ1n) is 8.23. The molecule has 0 spiro atoms. The Kier molecular flexibility index (Phi) is 4.41. The van der Waals surface area contributed by atoms with Crippen molar-refractivity contribution in [3.63, 3.8) is 0 Å². The van der Waals surface area contributed by atoms with Gasteiger partial charge in [-0.3, -0.25) is 19.3 Å². The van der Waals surface area contributed by atoms with Crippen LogP contribution in [0.2, 0.25) is 0 Å². The molecule has 0 saturated carbocycles. The van der Waals surface area contributed by atoms with Gasteiger partial charge in [0, 0.05) is 4.90 Å². The molecule has 2 aromatic rings. The van der Waals surface area contributed by atoms with Gasteiger partial charge in [0.1, 0.15) is 6.61 Å². The number of imide groups is 1. The molecule has 0 unspecified atom stereocenters. The number of amides is 3. The number of esters is 1. The van der Waals surface area contributed by atoms with E-state index in [-0.39, 0.29) is 30.9 Å². The quantitative estimate of drug-likeness (QED) is 0.644. The van der Waals surface area contributed by atoms with Crippen molar-refractivity contribution in [2.24, 2.45) is 0 Å². The first-order chi connectivity index (χ1) is 13.0. The molecule has 0 aliphatic carbocycles. The molecule has 27 heavy (non-hydrogen) atoms. The average Bonchev–Trinajstić information content (AvgIpc) is 2.92. The van der Waals surface area contributed by atoms with E-state index in [1.54, 1.807) is 42.5 Å². The number of carbonyl (C=O) groups is 4. The summed E-state index contributed by atoms with van der Waals surface area (Å²) in [7, 11) is 0. The molecule has 0 radical (unpaired) electrons. The third-order valence-corrected chi connectivity index (χ3v) is 5.35. The second-order valence-electron chi connectivity index (χ2n) is 5.99. The van der Waals surface area contributed by atoms with Gasteiger partial charge in [0.05, 0.1) is 34.7 Å². The van der Waals surface area contributed by atoms with Gasteiger partial charge in [-0.05, 0) is 30.3 Å². The lowest BCUT2D eigenvalue weighted by Gasteiger charge is -2.17. The minimum atomic E-state index is -0.584. The second kappa shape index (κ2) is 6.88. The summed E-state index contributed by atoms with van der Waals surface area (Å²) in [5.74, 6) is -1.14. The van der Waals surface area contributed by atoms with Crippen LogP contribution < -0.4 is 5.32 Å². The van der Waals surface area contributed by atoms with Crippen molar-refractivity contribution in [1.82, 2.24) is 4.90 Å². The number of anilines is 1. The lowest BCUT2D eigenvalue weighted by molar-refractivity contribution is -0.113. The highest BCUT2D eigenvalue weighted by Gasteiger charge is 2.34. The van der Waals surface area contributed by atoms with E-state index in [1.165, 1.54) is 11.8 Å². The van der Waals surface area contributed by atoms with Crippen LogP contribution in [0.1, 0.15) is 31.1 Å². The number of thioether (sulfide) groups is 1. The Morgan fingerprint density at radius 1 is 1.07 bits per heavy atom. The number of carbonyl (C=O) groups excluding carboxylic acids is 4. The summed E-state index contributed by atoms with van der Waals surface area (Å²) >= 11 is 1.40. The molecule has 2 aliphatic heterocycles. The monoisotopic (exact) mass is 382 g/mol. The van der Waals surface area contributed by atoms with E-state index in [9.17, 15) is 19.2 Å². The molecule has 0 aromatic heterocycles. The van der Waals surface area contributed by atoms with Crippen LogP contribution in [-0.4, -0.2) is 47.5 Å². The van der Waals surface area contributed by atoms with Crippen LogP contribution in [0, 0.1) is 0 Å². The van der Waals surface area contributed by atoms with E-state index in [1.807, 2.05) is 0 Å². The van der Waals surface area contributed by atoms with Crippen LogP contribution in [0.4, 0.5) is 5.69 Å². The Bertz CT molecular complexity index is 953. The molecule has 0 atom stereocenters. The topological polar surface area (TPSA) is 92.8 Å². The van der Waals surface area contributed by atoms with Gasteiger partial charge in [-0.15, -0.1) is 11.8 Å². The van der Waals surface area contributed by atoms with Gasteiger partial charge in [0.2, 0.25) is 5.91 Å². The molecule has 0 bridgehead atoms. The molecule has 136 valence electrons. The van der Waals surface area contributed by atoms with Crippen molar-refractivity contribution in [1.29, 1.82) is 0 Å². The van der Waals surface area contributed by atoms with Gasteiger partial charge >= 0.3 is 5.97 Å². The van der Waals surface area contributed by atoms with Crippen LogP contribution in [0.3, 0.4) is 0 Å². The molecular formula is C19H14N2O5S. The SMILES string of the molecule is O=C1CSc2ccc(C(=O)OCCN3C(=O)c4ccccc4C3=O)cc2N1. The zero-order valence-corrected chi connectivity index (χ0v) is 14.9. The van der Waals surface area contributed by atoms with E-state index in [0.29, 0.717) is 28.1 Å². The van der Waals surface area contributed by atoms with Crippen LogP contribution in [-0.2, 0) is 9.53 Å². The summed E-state index contributed by atoms with van der Waals surface area (Å²) in [5, 5.41) is 2.71. The predicted octanol–water partition coefficient (Wildman–Crippen LogP) is 2.18. The highest BCUT2D eigenvalue weighted by atomic mass is 32.2. The number of nitrogens with one attached hydrogen (secondary N) is 1. The maximum absolute atomic E-state index is 12.3. The second-order valence-corrected chi connectivity index (χ2v) is 7.01. The number of rotatable bonds is 4. The molecule has 3 amide bonds. The van der Waals surface area contributed by atoms with Gasteiger partial charge in [0.25, 0.3) is 11.8 Å². The van der Waals surface area contributed by atoms with Crippen molar-refractivity contribution < 1.29 is 23.9 Å². The lowest BCUT2D eigenvalue weighted by atomic mass is 10.1. The number of hydrogen-bond donors (Lipinski definition) is 1. The Hall–Kier alpha value is -3.13. The fourth-order valence-electron chi connectivity index (χ4n) is 2.97. The number of benzene rings is 2. The van der Waals surface area contributed by atoms with Crippen molar-refractivity contribution in [2.45, 2.75) is 4.90 Å². The van der Waals surface area contributed by atoms with Gasteiger partial charge < -0.3 is 10.1 Å². The zero-order valence-electron chi connectivity index (χ0n) is 14.1. The van der Waals surface area contributed by atoms with Gasteiger partial charge in [0.15, 0.2) is 0 Å². The van der Waals surface area contributed by atoms with Crippen LogP contribution in [0.15, 0.2) is 47.4 Å². The Morgan fingerprint density at radius 2 is 1.78 bits per heavy atom. The van der Waals surface area contributed by atoms with Gasteiger partial charge in [-0.1, -0.05) is 12.1 Å². The predicted molar refractivity (Wildman–Crippen MR) is 97.9 cm³/mol. The van der Waals surface area contributed by atoms with E-state index in [2.05, 4.69) is 5.32 Å². The van der Waals surface area contributed by atoms with Crippen molar-refractivity contribution in [3.05, 3.63) is 59.2 Å². The lowest BCUT2D eigenvalue weighted by Crippen LogP contribution is -2.33. The number of nitrogens with zero attached hydrogens (tertiary/aromatic N) is 1. The molecule has 0 saturated heterocycles. The highest BCUT2D eigenvalue weighted by molar-refractivity contribution is 8.00.